The highest BCUT2D eigenvalue weighted by molar-refractivity contribution is 5.91. The van der Waals surface area contributed by atoms with Gasteiger partial charge in [-0.1, -0.05) is 24.3 Å². The first-order chi connectivity index (χ1) is 9.19. The van der Waals surface area contributed by atoms with E-state index in [9.17, 15) is 9.59 Å². The summed E-state index contributed by atoms with van der Waals surface area (Å²) in [5.41, 5.74) is 1.54. The van der Waals surface area contributed by atoms with E-state index in [1.54, 1.807) is 12.1 Å². The Balaban J connectivity index is 1.96. The highest BCUT2D eigenvalue weighted by Crippen LogP contribution is 2.04. The second kappa shape index (κ2) is 5.92. The van der Waals surface area contributed by atoms with Gasteiger partial charge in [0.05, 0.1) is 6.61 Å². The molecule has 0 aliphatic rings. The zero-order chi connectivity index (χ0) is 13.7. The molecule has 1 aromatic heterocycles. The van der Waals surface area contributed by atoms with E-state index in [1.807, 2.05) is 12.1 Å². The molecule has 0 spiro atoms. The van der Waals surface area contributed by atoms with Crippen LogP contribution in [0.2, 0.25) is 0 Å². The van der Waals surface area contributed by atoms with Crippen LogP contribution in [0.3, 0.4) is 0 Å². The van der Waals surface area contributed by atoms with Crippen molar-refractivity contribution in [2.24, 2.45) is 0 Å². The Kier molecular flexibility index (Phi) is 4.04. The molecule has 0 unspecified atom stereocenters. The van der Waals surface area contributed by atoms with E-state index in [2.05, 4.69) is 15.5 Å². The minimum atomic E-state index is -0.359. The minimum absolute atomic E-state index is 0.00601. The van der Waals surface area contributed by atoms with Crippen molar-refractivity contribution < 1.29 is 9.90 Å². The van der Waals surface area contributed by atoms with Crippen molar-refractivity contribution in [1.29, 1.82) is 0 Å². The average molecular weight is 259 g/mol. The lowest BCUT2D eigenvalue weighted by molar-refractivity contribution is 0.0945. The van der Waals surface area contributed by atoms with E-state index in [4.69, 9.17) is 5.11 Å². The van der Waals surface area contributed by atoms with E-state index >= 15 is 0 Å². The second-order valence-electron chi connectivity index (χ2n) is 3.96. The number of aromatic nitrogens is 2. The second-order valence-corrected chi connectivity index (χ2v) is 3.96. The van der Waals surface area contributed by atoms with Gasteiger partial charge in [0.25, 0.3) is 11.5 Å². The lowest BCUT2D eigenvalue weighted by atomic mass is 10.1. The fraction of sp³-hybridized carbons (Fsp3) is 0.154. The van der Waals surface area contributed by atoms with Crippen molar-refractivity contribution in [2.75, 3.05) is 0 Å². The SMILES string of the molecule is O=C(NCc1ccc(CO)cc1)c1ccc(=O)[nH]n1. The molecule has 2 aromatic rings. The highest BCUT2D eigenvalue weighted by Gasteiger charge is 2.06. The van der Waals surface area contributed by atoms with Crippen molar-refractivity contribution in [3.05, 3.63) is 63.6 Å². The number of aromatic amines is 1. The van der Waals surface area contributed by atoms with E-state index in [0.717, 1.165) is 11.1 Å². The number of carbonyl (C=O) groups excluding carboxylic acids is 1. The van der Waals surface area contributed by atoms with Gasteiger partial charge in [0.1, 0.15) is 5.69 Å². The molecule has 0 saturated carbocycles. The lowest BCUT2D eigenvalue weighted by Gasteiger charge is -2.05. The topological polar surface area (TPSA) is 95.1 Å². The van der Waals surface area contributed by atoms with Crippen LogP contribution < -0.4 is 10.9 Å². The van der Waals surface area contributed by atoms with Crippen molar-refractivity contribution in [3.63, 3.8) is 0 Å². The summed E-state index contributed by atoms with van der Waals surface area (Å²) in [4.78, 5) is 22.5. The number of hydrogen-bond donors (Lipinski definition) is 3. The molecular formula is C13H13N3O3. The number of hydrogen-bond acceptors (Lipinski definition) is 4. The van der Waals surface area contributed by atoms with Crippen LogP contribution in [-0.2, 0) is 13.2 Å². The maximum atomic E-state index is 11.7. The Morgan fingerprint density at radius 1 is 1.16 bits per heavy atom. The summed E-state index contributed by atoms with van der Waals surface area (Å²) in [5, 5.41) is 17.4. The summed E-state index contributed by atoms with van der Waals surface area (Å²) in [6.07, 6.45) is 0. The predicted octanol–water partition coefficient (Wildman–Crippen LogP) is 0.192. The van der Waals surface area contributed by atoms with E-state index in [1.165, 1.54) is 12.1 Å². The van der Waals surface area contributed by atoms with Gasteiger partial charge in [0.2, 0.25) is 0 Å². The first-order valence-electron chi connectivity index (χ1n) is 5.71. The van der Waals surface area contributed by atoms with Gasteiger partial charge >= 0.3 is 0 Å². The van der Waals surface area contributed by atoms with E-state index < -0.39 is 0 Å². The Morgan fingerprint density at radius 2 is 1.84 bits per heavy atom. The molecule has 19 heavy (non-hydrogen) atoms. The Morgan fingerprint density at radius 3 is 2.42 bits per heavy atom. The molecule has 3 N–H and O–H groups in total. The van der Waals surface area contributed by atoms with Crippen molar-refractivity contribution >= 4 is 5.91 Å². The zero-order valence-corrected chi connectivity index (χ0v) is 10.1. The van der Waals surface area contributed by atoms with Crippen molar-refractivity contribution in [3.8, 4) is 0 Å². The minimum Gasteiger partial charge on any atom is -0.392 e. The van der Waals surface area contributed by atoms with E-state index in [0.29, 0.717) is 6.54 Å². The fourth-order valence-corrected chi connectivity index (χ4v) is 1.51. The van der Waals surface area contributed by atoms with Crippen LogP contribution in [0, 0.1) is 0 Å². The number of nitrogens with zero attached hydrogens (tertiary/aromatic N) is 1. The van der Waals surface area contributed by atoms with Crippen LogP contribution in [0.25, 0.3) is 0 Å². The summed E-state index contributed by atoms with van der Waals surface area (Å²) in [7, 11) is 0. The molecule has 0 saturated heterocycles. The maximum Gasteiger partial charge on any atom is 0.271 e. The molecule has 1 amide bonds. The number of aliphatic hydroxyl groups excluding tert-OH is 1. The van der Waals surface area contributed by atoms with Crippen LogP contribution in [0.1, 0.15) is 21.6 Å². The molecule has 0 radical (unpaired) electrons. The summed E-state index contributed by atoms with van der Waals surface area (Å²) in [6, 6.07) is 9.85. The Hall–Kier alpha value is -2.47. The smallest absolute Gasteiger partial charge is 0.271 e. The molecule has 0 fully saturated rings. The number of carbonyl (C=O) groups is 1. The molecule has 6 heteroatoms. The quantitative estimate of drug-likeness (QED) is 0.730. The Labute approximate surface area is 109 Å². The van der Waals surface area contributed by atoms with Crippen LogP contribution in [0.5, 0.6) is 0 Å². The fourth-order valence-electron chi connectivity index (χ4n) is 1.51. The van der Waals surface area contributed by atoms with Gasteiger partial charge in [0, 0.05) is 12.6 Å². The van der Waals surface area contributed by atoms with Crippen molar-refractivity contribution in [2.45, 2.75) is 13.2 Å². The molecule has 0 aliphatic carbocycles. The van der Waals surface area contributed by atoms with Gasteiger partial charge < -0.3 is 10.4 Å². The first-order valence-corrected chi connectivity index (χ1v) is 5.71. The molecule has 2 rings (SSSR count). The van der Waals surface area contributed by atoms with Crippen LogP contribution in [0.15, 0.2) is 41.2 Å². The average Bonchev–Trinajstić information content (AvgIpc) is 2.46. The van der Waals surface area contributed by atoms with Gasteiger partial charge in [-0.15, -0.1) is 0 Å². The monoisotopic (exact) mass is 259 g/mol. The standard InChI is InChI=1S/C13H13N3O3/c17-8-10-3-1-9(2-4-10)7-14-13(19)11-5-6-12(18)16-15-11/h1-6,17H,7-8H2,(H,14,19)(H,16,18). The summed E-state index contributed by atoms with van der Waals surface area (Å²) in [6.45, 7) is 0.347. The molecule has 98 valence electrons. The number of H-pyrrole nitrogens is 1. The maximum absolute atomic E-state index is 11.7. The number of rotatable bonds is 4. The van der Waals surface area contributed by atoms with Crippen LogP contribution >= 0.6 is 0 Å². The largest absolute Gasteiger partial charge is 0.392 e. The molecule has 0 aliphatic heterocycles. The third kappa shape index (κ3) is 3.49. The molecular weight excluding hydrogens is 246 g/mol. The first kappa shape index (κ1) is 13.0. The Bertz CT molecular complexity index is 599. The molecule has 0 atom stereocenters. The van der Waals surface area contributed by atoms with Gasteiger partial charge in [0.15, 0.2) is 0 Å². The van der Waals surface area contributed by atoms with E-state index in [-0.39, 0.29) is 23.8 Å². The number of amides is 1. The third-order valence-corrected chi connectivity index (χ3v) is 2.57. The van der Waals surface area contributed by atoms with Crippen LogP contribution in [-0.4, -0.2) is 21.2 Å². The van der Waals surface area contributed by atoms with Gasteiger partial charge in [-0.3, -0.25) is 9.59 Å². The molecule has 0 bridgehead atoms. The lowest BCUT2D eigenvalue weighted by Crippen LogP contribution is -2.25. The highest BCUT2D eigenvalue weighted by atomic mass is 16.3. The summed E-state index contributed by atoms with van der Waals surface area (Å²) < 4.78 is 0. The molecule has 1 aromatic carbocycles. The molecule has 6 nitrogen and oxygen atoms in total. The molecule has 1 heterocycles. The van der Waals surface area contributed by atoms with Gasteiger partial charge in [-0.25, -0.2) is 5.10 Å². The zero-order valence-electron chi connectivity index (χ0n) is 10.1. The number of benzene rings is 1. The van der Waals surface area contributed by atoms with Gasteiger partial charge in [-0.2, -0.15) is 5.10 Å². The van der Waals surface area contributed by atoms with Crippen molar-refractivity contribution in [1.82, 2.24) is 15.5 Å². The normalized spacial score (nSPS) is 10.2. The number of nitrogens with one attached hydrogen (secondary N) is 2. The summed E-state index contributed by atoms with van der Waals surface area (Å²) in [5.74, 6) is -0.359. The summed E-state index contributed by atoms with van der Waals surface area (Å²) >= 11 is 0. The van der Waals surface area contributed by atoms with Crippen LogP contribution in [0.4, 0.5) is 0 Å². The number of aliphatic hydroxyl groups is 1. The van der Waals surface area contributed by atoms with Gasteiger partial charge in [-0.05, 0) is 17.2 Å². The predicted molar refractivity (Wildman–Crippen MR) is 68.4 cm³/mol. The third-order valence-electron chi connectivity index (χ3n) is 2.57.